The van der Waals surface area contributed by atoms with Crippen molar-refractivity contribution in [2.45, 2.75) is 0 Å². The molecular formula is C5H7N3O. The van der Waals surface area contributed by atoms with Gasteiger partial charge in [-0.3, -0.25) is 4.98 Å². The zero-order valence-corrected chi connectivity index (χ0v) is 4.77. The first-order valence-corrected chi connectivity index (χ1v) is 2.44. The Morgan fingerprint density at radius 1 is 1.56 bits per heavy atom. The molecule has 0 aromatic carbocycles. The van der Waals surface area contributed by atoms with E-state index in [1.54, 1.807) is 0 Å². The number of imidazole rings is 1. The Labute approximate surface area is 51.4 Å². The Balaban J connectivity index is 3.31. The van der Waals surface area contributed by atoms with Crippen LogP contribution in [0.2, 0.25) is 0 Å². The Bertz CT molecular complexity index is 270. The number of aromatic nitrogens is 2. The zero-order valence-electron chi connectivity index (χ0n) is 4.77. The maximum absolute atomic E-state index is 10.4. The highest BCUT2D eigenvalue weighted by molar-refractivity contribution is 5.54. The van der Waals surface area contributed by atoms with E-state index in [9.17, 15) is 4.79 Å². The smallest absolute Gasteiger partial charge is 0.324 e. The lowest BCUT2D eigenvalue weighted by Gasteiger charge is -1.83. The van der Waals surface area contributed by atoms with E-state index < -0.39 is 0 Å². The third-order valence-electron chi connectivity index (χ3n) is 0.991. The van der Waals surface area contributed by atoms with E-state index >= 15 is 0 Å². The number of nitrogen functional groups attached to an aromatic ring is 1. The monoisotopic (exact) mass is 125 g/mol. The van der Waals surface area contributed by atoms with E-state index in [2.05, 4.69) is 16.5 Å². The van der Waals surface area contributed by atoms with Gasteiger partial charge in [0.05, 0.1) is 5.69 Å². The molecule has 0 radical (unpaired) electrons. The summed E-state index contributed by atoms with van der Waals surface area (Å²) in [4.78, 5) is 15.2. The number of hydrogen-bond acceptors (Lipinski definition) is 2. The SMILES string of the molecule is C=Cc1[nH]c(=O)[nH]c1N. The normalized spacial score (nSPS) is 9.33. The van der Waals surface area contributed by atoms with E-state index in [-0.39, 0.29) is 5.69 Å². The van der Waals surface area contributed by atoms with Crippen LogP contribution in [0.3, 0.4) is 0 Å². The first-order chi connectivity index (χ1) is 4.24. The molecule has 0 aliphatic rings. The van der Waals surface area contributed by atoms with Gasteiger partial charge < -0.3 is 10.7 Å². The summed E-state index contributed by atoms with van der Waals surface area (Å²) in [5, 5.41) is 0. The van der Waals surface area contributed by atoms with Crippen molar-refractivity contribution < 1.29 is 0 Å². The lowest BCUT2D eigenvalue weighted by Crippen LogP contribution is -2.00. The Morgan fingerprint density at radius 2 is 2.22 bits per heavy atom. The number of nitrogens with one attached hydrogen (secondary N) is 2. The second-order valence-electron chi connectivity index (χ2n) is 1.61. The average molecular weight is 125 g/mol. The number of H-pyrrole nitrogens is 2. The highest BCUT2D eigenvalue weighted by Gasteiger charge is 1.95. The van der Waals surface area contributed by atoms with E-state index in [0.717, 1.165) is 0 Å². The minimum Gasteiger partial charge on any atom is -0.383 e. The third kappa shape index (κ3) is 0.861. The highest BCUT2D eigenvalue weighted by Crippen LogP contribution is 2.00. The van der Waals surface area contributed by atoms with Crippen LogP contribution >= 0.6 is 0 Å². The largest absolute Gasteiger partial charge is 0.383 e. The van der Waals surface area contributed by atoms with E-state index in [1.165, 1.54) is 6.08 Å². The molecule has 4 nitrogen and oxygen atoms in total. The summed E-state index contributed by atoms with van der Waals surface area (Å²) in [6, 6.07) is 0. The topological polar surface area (TPSA) is 74.7 Å². The van der Waals surface area contributed by atoms with Crippen LogP contribution in [0, 0.1) is 0 Å². The molecule has 4 heteroatoms. The van der Waals surface area contributed by atoms with Gasteiger partial charge in [0.2, 0.25) is 0 Å². The lowest BCUT2D eigenvalue weighted by molar-refractivity contribution is 1.19. The van der Waals surface area contributed by atoms with Crippen molar-refractivity contribution in [3.8, 4) is 0 Å². The molecule has 0 aliphatic carbocycles. The molecule has 0 spiro atoms. The molecular weight excluding hydrogens is 118 g/mol. The van der Waals surface area contributed by atoms with Gasteiger partial charge in [0.25, 0.3) is 0 Å². The van der Waals surface area contributed by atoms with Crippen LogP contribution in [0.25, 0.3) is 6.08 Å². The molecule has 0 unspecified atom stereocenters. The van der Waals surface area contributed by atoms with E-state index in [1.807, 2.05) is 0 Å². The number of aromatic amines is 2. The van der Waals surface area contributed by atoms with Crippen LogP contribution in [-0.4, -0.2) is 9.97 Å². The predicted octanol–water partition coefficient (Wildman–Crippen LogP) is -0.0718. The van der Waals surface area contributed by atoms with Crippen molar-refractivity contribution in [1.82, 2.24) is 9.97 Å². The molecule has 1 heterocycles. The Hall–Kier alpha value is -1.45. The van der Waals surface area contributed by atoms with Crippen LogP contribution in [0.5, 0.6) is 0 Å². The van der Waals surface area contributed by atoms with Crippen LogP contribution < -0.4 is 11.4 Å². The summed E-state index contributed by atoms with van der Waals surface area (Å²) in [5.41, 5.74) is 5.53. The second-order valence-corrected chi connectivity index (χ2v) is 1.61. The third-order valence-corrected chi connectivity index (χ3v) is 0.991. The van der Waals surface area contributed by atoms with Gasteiger partial charge in [0.1, 0.15) is 5.82 Å². The molecule has 0 amide bonds. The van der Waals surface area contributed by atoms with Gasteiger partial charge in [-0.25, -0.2) is 4.79 Å². The van der Waals surface area contributed by atoms with Crippen molar-refractivity contribution in [1.29, 1.82) is 0 Å². The number of nitrogens with two attached hydrogens (primary N) is 1. The standard InChI is InChI=1S/C5H7N3O/c1-2-3-4(6)8-5(9)7-3/h2H,1,6H2,(H2,7,8,9). The number of hydrogen-bond donors (Lipinski definition) is 3. The summed E-state index contributed by atoms with van der Waals surface area (Å²) in [6.45, 7) is 3.43. The average Bonchev–Trinajstić information content (AvgIpc) is 2.10. The number of anilines is 1. The summed E-state index contributed by atoms with van der Waals surface area (Å²) in [5.74, 6) is 0.329. The maximum atomic E-state index is 10.4. The zero-order chi connectivity index (χ0) is 6.85. The molecule has 0 aliphatic heterocycles. The summed E-state index contributed by atoms with van der Waals surface area (Å²) < 4.78 is 0. The number of rotatable bonds is 1. The Morgan fingerprint density at radius 3 is 2.44 bits per heavy atom. The van der Waals surface area contributed by atoms with Crippen molar-refractivity contribution in [2.24, 2.45) is 0 Å². The first kappa shape index (κ1) is 5.68. The van der Waals surface area contributed by atoms with Crippen LogP contribution in [-0.2, 0) is 0 Å². The maximum Gasteiger partial charge on any atom is 0.324 e. The van der Waals surface area contributed by atoms with Crippen molar-refractivity contribution in [3.63, 3.8) is 0 Å². The van der Waals surface area contributed by atoms with Gasteiger partial charge in [0, 0.05) is 0 Å². The second kappa shape index (κ2) is 1.81. The predicted molar refractivity (Wildman–Crippen MR) is 35.9 cm³/mol. The lowest BCUT2D eigenvalue weighted by atomic mass is 10.4. The van der Waals surface area contributed by atoms with Gasteiger partial charge in [-0.15, -0.1) is 0 Å². The van der Waals surface area contributed by atoms with Crippen molar-refractivity contribution in [3.05, 3.63) is 22.8 Å². The molecule has 1 aromatic rings. The fourth-order valence-electron chi connectivity index (χ4n) is 0.572. The minimum absolute atomic E-state index is 0.303. The molecule has 9 heavy (non-hydrogen) atoms. The van der Waals surface area contributed by atoms with Crippen LogP contribution in [0.1, 0.15) is 5.69 Å². The van der Waals surface area contributed by atoms with Gasteiger partial charge in [-0.2, -0.15) is 0 Å². The quantitative estimate of drug-likeness (QED) is 0.491. The summed E-state index contributed by atoms with van der Waals surface area (Å²) in [6.07, 6.45) is 1.48. The van der Waals surface area contributed by atoms with Crippen molar-refractivity contribution in [2.75, 3.05) is 5.73 Å². The van der Waals surface area contributed by atoms with E-state index in [4.69, 9.17) is 5.73 Å². The molecule has 4 N–H and O–H groups in total. The first-order valence-electron chi connectivity index (χ1n) is 2.44. The summed E-state index contributed by atoms with van der Waals surface area (Å²) >= 11 is 0. The van der Waals surface area contributed by atoms with Gasteiger partial charge >= 0.3 is 5.69 Å². The van der Waals surface area contributed by atoms with E-state index in [0.29, 0.717) is 11.5 Å². The van der Waals surface area contributed by atoms with Crippen molar-refractivity contribution >= 4 is 11.9 Å². The van der Waals surface area contributed by atoms with Gasteiger partial charge in [-0.1, -0.05) is 6.58 Å². The van der Waals surface area contributed by atoms with Crippen LogP contribution in [0.4, 0.5) is 5.82 Å². The molecule has 0 bridgehead atoms. The van der Waals surface area contributed by atoms with Gasteiger partial charge in [-0.05, 0) is 6.08 Å². The Kier molecular flexibility index (Phi) is 1.14. The summed E-state index contributed by atoms with van der Waals surface area (Å²) in [7, 11) is 0. The van der Waals surface area contributed by atoms with Gasteiger partial charge in [0.15, 0.2) is 0 Å². The highest BCUT2D eigenvalue weighted by atomic mass is 16.1. The van der Waals surface area contributed by atoms with Crippen LogP contribution in [0.15, 0.2) is 11.4 Å². The molecule has 0 saturated carbocycles. The molecule has 0 saturated heterocycles. The molecule has 0 atom stereocenters. The minimum atomic E-state index is -0.303. The molecule has 1 rings (SSSR count). The molecule has 0 fully saturated rings. The molecule has 48 valence electrons. The fraction of sp³-hybridized carbons (Fsp3) is 0. The fourth-order valence-corrected chi connectivity index (χ4v) is 0.572. The molecule has 1 aromatic heterocycles.